The standard InChI is InChI=1S/C18H15N3O2/c19-12-13-3-1-4-14(11-13)18(22)21-8-7-20-9-10-23-16-6-2-5-15(21)17(16)20/h1-6,11H,7-10H2. The SMILES string of the molecule is N#Cc1cccc(C(=O)N2CCN3CCOc4cccc2c43)c1. The number of nitriles is 1. The van der Waals surface area contributed by atoms with Crippen LogP contribution in [0.4, 0.5) is 11.4 Å². The van der Waals surface area contributed by atoms with Gasteiger partial charge in [0.1, 0.15) is 18.0 Å². The van der Waals surface area contributed by atoms with Crippen molar-refractivity contribution in [3.8, 4) is 11.8 Å². The van der Waals surface area contributed by atoms with Gasteiger partial charge in [0.25, 0.3) is 5.91 Å². The van der Waals surface area contributed by atoms with Crippen LogP contribution in [0.5, 0.6) is 5.75 Å². The lowest BCUT2D eigenvalue weighted by molar-refractivity contribution is 0.0986. The van der Waals surface area contributed by atoms with Crippen molar-refractivity contribution in [1.29, 1.82) is 5.26 Å². The van der Waals surface area contributed by atoms with E-state index < -0.39 is 0 Å². The molecule has 0 aliphatic carbocycles. The first kappa shape index (κ1) is 13.6. The van der Waals surface area contributed by atoms with E-state index in [1.54, 1.807) is 29.2 Å². The Labute approximate surface area is 134 Å². The van der Waals surface area contributed by atoms with E-state index in [9.17, 15) is 4.79 Å². The molecule has 0 saturated heterocycles. The summed E-state index contributed by atoms with van der Waals surface area (Å²) in [5.74, 6) is 0.748. The van der Waals surface area contributed by atoms with Gasteiger partial charge in [-0.1, -0.05) is 12.1 Å². The lowest BCUT2D eigenvalue weighted by Crippen LogP contribution is -2.47. The van der Waals surface area contributed by atoms with Crippen LogP contribution in [-0.4, -0.2) is 32.1 Å². The quantitative estimate of drug-likeness (QED) is 0.812. The van der Waals surface area contributed by atoms with Gasteiger partial charge >= 0.3 is 0 Å². The molecule has 4 rings (SSSR count). The van der Waals surface area contributed by atoms with Crippen molar-refractivity contribution in [3.63, 3.8) is 0 Å². The zero-order valence-electron chi connectivity index (χ0n) is 12.5. The van der Waals surface area contributed by atoms with Gasteiger partial charge in [-0.05, 0) is 30.3 Å². The molecule has 2 heterocycles. The maximum Gasteiger partial charge on any atom is 0.258 e. The third-order valence-corrected chi connectivity index (χ3v) is 4.28. The first-order valence-corrected chi connectivity index (χ1v) is 7.61. The number of amides is 1. The van der Waals surface area contributed by atoms with Gasteiger partial charge in [-0.2, -0.15) is 5.26 Å². The van der Waals surface area contributed by atoms with Gasteiger partial charge in [-0.15, -0.1) is 0 Å². The molecule has 5 nitrogen and oxygen atoms in total. The van der Waals surface area contributed by atoms with Crippen LogP contribution in [0.1, 0.15) is 15.9 Å². The number of nitrogens with zero attached hydrogens (tertiary/aromatic N) is 3. The minimum absolute atomic E-state index is 0.0827. The van der Waals surface area contributed by atoms with Crippen LogP contribution in [0, 0.1) is 11.3 Å². The van der Waals surface area contributed by atoms with Gasteiger partial charge in [0.15, 0.2) is 0 Å². The molecule has 0 bridgehead atoms. The molecule has 0 unspecified atom stereocenters. The average Bonchev–Trinajstić information content (AvgIpc) is 2.62. The summed E-state index contributed by atoms with van der Waals surface area (Å²) in [6.45, 7) is 2.94. The number of anilines is 2. The van der Waals surface area contributed by atoms with Crippen LogP contribution < -0.4 is 14.5 Å². The number of rotatable bonds is 1. The lowest BCUT2D eigenvalue weighted by Gasteiger charge is -2.41. The summed E-state index contributed by atoms with van der Waals surface area (Å²) in [5.41, 5.74) is 2.90. The van der Waals surface area contributed by atoms with Crippen molar-refractivity contribution in [2.45, 2.75) is 0 Å². The largest absolute Gasteiger partial charge is 0.489 e. The molecule has 114 valence electrons. The molecular formula is C18H15N3O2. The van der Waals surface area contributed by atoms with E-state index in [4.69, 9.17) is 10.00 Å². The van der Waals surface area contributed by atoms with E-state index >= 15 is 0 Å². The number of benzene rings is 2. The van der Waals surface area contributed by atoms with Crippen molar-refractivity contribution >= 4 is 17.3 Å². The third-order valence-electron chi connectivity index (χ3n) is 4.28. The van der Waals surface area contributed by atoms with Crippen LogP contribution in [-0.2, 0) is 0 Å². The second-order valence-electron chi connectivity index (χ2n) is 5.61. The van der Waals surface area contributed by atoms with Gasteiger partial charge in [0.2, 0.25) is 0 Å². The Morgan fingerprint density at radius 3 is 2.87 bits per heavy atom. The van der Waals surface area contributed by atoms with E-state index in [-0.39, 0.29) is 5.91 Å². The Morgan fingerprint density at radius 1 is 1.13 bits per heavy atom. The predicted octanol–water partition coefficient (Wildman–Crippen LogP) is 2.42. The molecule has 5 heteroatoms. The van der Waals surface area contributed by atoms with Crippen LogP contribution in [0.15, 0.2) is 42.5 Å². The topological polar surface area (TPSA) is 56.6 Å². The smallest absolute Gasteiger partial charge is 0.258 e. The van der Waals surface area contributed by atoms with E-state index in [1.165, 1.54) is 0 Å². The number of para-hydroxylation sites is 1. The van der Waals surface area contributed by atoms with Crippen molar-refractivity contribution in [1.82, 2.24) is 0 Å². The Kier molecular flexibility index (Phi) is 3.16. The number of hydrogen-bond acceptors (Lipinski definition) is 4. The highest BCUT2D eigenvalue weighted by atomic mass is 16.5. The molecule has 2 aliphatic heterocycles. The number of carbonyl (C=O) groups excluding carboxylic acids is 1. The minimum Gasteiger partial charge on any atom is -0.489 e. The third kappa shape index (κ3) is 2.20. The summed E-state index contributed by atoms with van der Waals surface area (Å²) in [4.78, 5) is 17.0. The maximum atomic E-state index is 12.9. The first-order chi connectivity index (χ1) is 11.3. The highest BCUT2D eigenvalue weighted by Crippen LogP contribution is 2.42. The molecule has 0 spiro atoms. The van der Waals surface area contributed by atoms with Gasteiger partial charge in [0.05, 0.1) is 23.9 Å². The molecule has 23 heavy (non-hydrogen) atoms. The van der Waals surface area contributed by atoms with Crippen molar-refractivity contribution in [2.75, 3.05) is 36.0 Å². The molecule has 0 N–H and O–H groups in total. The maximum absolute atomic E-state index is 12.9. The molecule has 2 aliphatic rings. The molecule has 0 fully saturated rings. The Bertz CT molecular complexity index is 825. The van der Waals surface area contributed by atoms with Crippen LogP contribution >= 0.6 is 0 Å². The Morgan fingerprint density at radius 2 is 2.00 bits per heavy atom. The number of carbonyl (C=O) groups is 1. The van der Waals surface area contributed by atoms with Gasteiger partial charge in [-0.3, -0.25) is 4.79 Å². The van der Waals surface area contributed by atoms with Crippen LogP contribution in [0.2, 0.25) is 0 Å². The first-order valence-electron chi connectivity index (χ1n) is 7.61. The average molecular weight is 305 g/mol. The van der Waals surface area contributed by atoms with Crippen LogP contribution in [0.3, 0.4) is 0 Å². The second kappa shape index (κ2) is 5.33. The predicted molar refractivity (Wildman–Crippen MR) is 87.0 cm³/mol. The van der Waals surface area contributed by atoms with Crippen molar-refractivity contribution in [3.05, 3.63) is 53.6 Å². The van der Waals surface area contributed by atoms with Gasteiger partial charge < -0.3 is 14.5 Å². The summed E-state index contributed by atoms with van der Waals surface area (Å²) in [7, 11) is 0. The van der Waals surface area contributed by atoms with E-state index in [0.29, 0.717) is 24.3 Å². The Hall–Kier alpha value is -3.00. The summed E-state index contributed by atoms with van der Waals surface area (Å²) in [6.07, 6.45) is 0. The lowest BCUT2D eigenvalue weighted by atomic mass is 10.1. The zero-order chi connectivity index (χ0) is 15.8. The van der Waals surface area contributed by atoms with E-state index in [0.717, 1.165) is 30.2 Å². The van der Waals surface area contributed by atoms with Crippen molar-refractivity contribution < 1.29 is 9.53 Å². The molecule has 2 aromatic rings. The van der Waals surface area contributed by atoms with E-state index in [2.05, 4.69) is 11.0 Å². The summed E-state index contributed by atoms with van der Waals surface area (Å²) in [6, 6.07) is 14.7. The molecule has 0 aromatic heterocycles. The highest BCUT2D eigenvalue weighted by Gasteiger charge is 2.31. The summed E-state index contributed by atoms with van der Waals surface area (Å²) >= 11 is 0. The molecule has 1 amide bonds. The van der Waals surface area contributed by atoms with E-state index in [1.807, 2.05) is 18.2 Å². The monoisotopic (exact) mass is 305 g/mol. The fourth-order valence-corrected chi connectivity index (χ4v) is 3.19. The fraction of sp³-hybridized carbons (Fsp3) is 0.222. The number of ether oxygens (including phenoxy) is 1. The second-order valence-corrected chi connectivity index (χ2v) is 5.61. The Balaban J connectivity index is 1.76. The molecular weight excluding hydrogens is 290 g/mol. The number of hydrogen-bond donors (Lipinski definition) is 0. The summed E-state index contributed by atoms with van der Waals surface area (Å²) < 4.78 is 5.72. The minimum atomic E-state index is -0.0827. The highest BCUT2D eigenvalue weighted by molar-refractivity contribution is 6.09. The fourth-order valence-electron chi connectivity index (χ4n) is 3.19. The molecule has 0 atom stereocenters. The van der Waals surface area contributed by atoms with Crippen molar-refractivity contribution in [2.24, 2.45) is 0 Å². The zero-order valence-corrected chi connectivity index (χ0v) is 12.5. The molecule has 0 radical (unpaired) electrons. The van der Waals surface area contributed by atoms with Gasteiger partial charge in [-0.25, -0.2) is 0 Å². The van der Waals surface area contributed by atoms with Gasteiger partial charge in [0, 0.05) is 18.7 Å². The van der Waals surface area contributed by atoms with Crippen LogP contribution in [0.25, 0.3) is 0 Å². The molecule has 0 saturated carbocycles. The molecule has 2 aromatic carbocycles. The normalized spacial score (nSPS) is 15.4. The summed E-state index contributed by atoms with van der Waals surface area (Å²) in [5, 5.41) is 9.02.